The highest BCUT2D eigenvalue weighted by atomic mass is 16.5. The number of imide groups is 1. The number of ether oxygens (including phenoxy) is 1. The van der Waals surface area contributed by atoms with Crippen molar-refractivity contribution < 1.29 is 23.9 Å². The van der Waals surface area contributed by atoms with Crippen LogP contribution in [0.1, 0.15) is 73.4 Å². The summed E-state index contributed by atoms with van der Waals surface area (Å²) in [6.45, 7) is 3.31. The molecule has 166 valence electrons. The minimum atomic E-state index is -0.628. The molecule has 1 aromatic carbocycles. The van der Waals surface area contributed by atoms with Gasteiger partial charge in [-0.25, -0.2) is 4.79 Å². The van der Waals surface area contributed by atoms with E-state index in [1.807, 2.05) is 12.1 Å². The van der Waals surface area contributed by atoms with Gasteiger partial charge in [-0.3, -0.25) is 19.7 Å². The molecule has 1 saturated carbocycles. The summed E-state index contributed by atoms with van der Waals surface area (Å²) in [5, 5.41) is 5.02. The summed E-state index contributed by atoms with van der Waals surface area (Å²) in [4.78, 5) is 49.8. The van der Waals surface area contributed by atoms with E-state index in [4.69, 9.17) is 4.74 Å². The molecule has 0 spiro atoms. The molecule has 31 heavy (non-hydrogen) atoms. The fraction of sp³-hybridized carbons (Fsp3) is 0.565. The Balaban J connectivity index is 1.24. The normalized spacial score (nSPS) is 21.5. The number of nitrogens with one attached hydrogen (secondary N) is 2. The first-order valence-electron chi connectivity index (χ1n) is 11.0. The third kappa shape index (κ3) is 5.06. The summed E-state index contributed by atoms with van der Waals surface area (Å²) >= 11 is 0. The van der Waals surface area contributed by atoms with Gasteiger partial charge in [0, 0.05) is 25.1 Å². The largest absolute Gasteiger partial charge is 0.450 e. The molecule has 1 aromatic rings. The SMILES string of the molecule is CC1(CCCCOC(=O)NCc2ccc3c(c2)C(=O)N(C2CCC(=O)NC2=O)C3)CC1. The lowest BCUT2D eigenvalue weighted by Gasteiger charge is -2.29. The molecule has 3 aliphatic rings. The zero-order valence-corrected chi connectivity index (χ0v) is 17.9. The maximum absolute atomic E-state index is 12.8. The predicted molar refractivity (Wildman–Crippen MR) is 112 cm³/mol. The van der Waals surface area contributed by atoms with E-state index in [-0.39, 0.29) is 24.8 Å². The standard InChI is InChI=1S/C23H29N3O5/c1-23(9-10-23)8-2-3-11-31-22(30)24-13-15-4-5-16-14-26(21(29)17(16)12-15)18-6-7-19(27)25-20(18)28/h4-5,12,18H,2-3,6-11,13-14H2,1H3,(H,24,30)(H,25,27,28). The van der Waals surface area contributed by atoms with Gasteiger partial charge in [-0.15, -0.1) is 0 Å². The Labute approximate surface area is 181 Å². The van der Waals surface area contributed by atoms with Crippen LogP contribution >= 0.6 is 0 Å². The number of hydrogen-bond donors (Lipinski definition) is 2. The van der Waals surface area contributed by atoms with Crippen molar-refractivity contribution in [3.8, 4) is 0 Å². The second-order valence-corrected chi connectivity index (χ2v) is 9.15. The minimum absolute atomic E-state index is 0.224. The zero-order chi connectivity index (χ0) is 22.0. The Morgan fingerprint density at radius 1 is 1.26 bits per heavy atom. The van der Waals surface area contributed by atoms with Crippen LogP contribution in [0, 0.1) is 5.41 Å². The number of amides is 4. The molecule has 2 heterocycles. The van der Waals surface area contributed by atoms with Crippen LogP contribution in [0.2, 0.25) is 0 Å². The van der Waals surface area contributed by atoms with E-state index in [0.29, 0.717) is 30.6 Å². The maximum Gasteiger partial charge on any atom is 0.407 e. The quantitative estimate of drug-likeness (QED) is 0.490. The average molecular weight is 428 g/mol. The summed E-state index contributed by atoms with van der Waals surface area (Å²) in [6, 6.07) is 4.83. The van der Waals surface area contributed by atoms with E-state index >= 15 is 0 Å². The van der Waals surface area contributed by atoms with Gasteiger partial charge in [0.2, 0.25) is 11.8 Å². The molecule has 2 fully saturated rings. The van der Waals surface area contributed by atoms with Gasteiger partial charge in [0.1, 0.15) is 6.04 Å². The second kappa shape index (κ2) is 8.69. The van der Waals surface area contributed by atoms with Crippen LogP contribution in [0.4, 0.5) is 4.79 Å². The molecule has 1 saturated heterocycles. The Hall–Kier alpha value is -2.90. The highest BCUT2D eigenvalue weighted by Gasteiger charge is 2.39. The molecule has 8 heteroatoms. The number of fused-ring (bicyclic) bond motifs is 1. The van der Waals surface area contributed by atoms with E-state index < -0.39 is 18.0 Å². The van der Waals surface area contributed by atoms with E-state index in [2.05, 4.69) is 17.6 Å². The van der Waals surface area contributed by atoms with E-state index in [1.54, 1.807) is 6.07 Å². The summed E-state index contributed by atoms with van der Waals surface area (Å²) in [5.41, 5.74) is 2.69. The molecular formula is C23H29N3O5. The van der Waals surface area contributed by atoms with Crippen molar-refractivity contribution in [2.75, 3.05) is 6.61 Å². The Morgan fingerprint density at radius 2 is 2.06 bits per heavy atom. The van der Waals surface area contributed by atoms with Gasteiger partial charge in [-0.05, 0) is 61.1 Å². The molecule has 4 amide bonds. The fourth-order valence-corrected chi connectivity index (χ4v) is 4.22. The first kappa shape index (κ1) is 21.3. The molecule has 0 bridgehead atoms. The predicted octanol–water partition coefficient (Wildman–Crippen LogP) is 2.64. The first-order chi connectivity index (χ1) is 14.8. The number of carbonyl (C=O) groups is 4. The Kier molecular flexibility index (Phi) is 5.98. The summed E-state index contributed by atoms with van der Waals surface area (Å²) in [6.07, 6.45) is 5.85. The second-order valence-electron chi connectivity index (χ2n) is 9.15. The van der Waals surface area contributed by atoms with Crippen LogP contribution < -0.4 is 10.6 Å². The lowest BCUT2D eigenvalue weighted by molar-refractivity contribution is -0.136. The monoisotopic (exact) mass is 427 g/mol. The number of nitrogens with zero attached hydrogens (tertiary/aromatic N) is 1. The summed E-state index contributed by atoms with van der Waals surface area (Å²) in [5.74, 6) is -0.950. The number of rotatable bonds is 8. The van der Waals surface area contributed by atoms with E-state index in [0.717, 1.165) is 24.0 Å². The minimum Gasteiger partial charge on any atom is -0.450 e. The molecule has 1 unspecified atom stereocenters. The van der Waals surface area contributed by atoms with Crippen LogP contribution in [0.3, 0.4) is 0 Å². The molecule has 0 aromatic heterocycles. The molecule has 2 N–H and O–H groups in total. The van der Waals surface area contributed by atoms with Crippen LogP contribution in [-0.2, 0) is 27.4 Å². The Morgan fingerprint density at radius 3 is 2.81 bits per heavy atom. The Bertz CT molecular complexity index is 908. The number of hydrogen-bond acceptors (Lipinski definition) is 5. The van der Waals surface area contributed by atoms with Crippen molar-refractivity contribution in [2.24, 2.45) is 5.41 Å². The molecular weight excluding hydrogens is 398 g/mol. The van der Waals surface area contributed by atoms with Crippen molar-refractivity contribution in [3.05, 3.63) is 34.9 Å². The van der Waals surface area contributed by atoms with Crippen LogP contribution in [0.15, 0.2) is 18.2 Å². The third-order valence-electron chi connectivity index (χ3n) is 6.54. The molecule has 1 atom stereocenters. The van der Waals surface area contributed by atoms with Crippen LogP contribution in [0.25, 0.3) is 0 Å². The molecule has 8 nitrogen and oxygen atoms in total. The van der Waals surface area contributed by atoms with Crippen LogP contribution in [0.5, 0.6) is 0 Å². The molecule has 0 radical (unpaired) electrons. The molecule has 2 aliphatic heterocycles. The number of benzene rings is 1. The number of carbonyl (C=O) groups excluding carboxylic acids is 4. The smallest absolute Gasteiger partial charge is 0.407 e. The fourth-order valence-electron chi connectivity index (χ4n) is 4.22. The summed E-state index contributed by atoms with van der Waals surface area (Å²) < 4.78 is 5.23. The van der Waals surface area contributed by atoms with Gasteiger partial charge < -0.3 is 15.0 Å². The highest BCUT2D eigenvalue weighted by Crippen LogP contribution is 2.49. The van der Waals surface area contributed by atoms with Gasteiger partial charge in [0.05, 0.1) is 6.61 Å². The molecule has 1 aliphatic carbocycles. The number of alkyl carbamates (subject to hydrolysis) is 1. The lowest BCUT2D eigenvalue weighted by Crippen LogP contribution is -2.52. The zero-order valence-electron chi connectivity index (χ0n) is 17.9. The third-order valence-corrected chi connectivity index (χ3v) is 6.54. The van der Waals surface area contributed by atoms with E-state index in [1.165, 1.54) is 24.2 Å². The van der Waals surface area contributed by atoms with Crippen molar-refractivity contribution in [1.82, 2.24) is 15.5 Å². The maximum atomic E-state index is 12.8. The first-order valence-corrected chi connectivity index (χ1v) is 11.0. The van der Waals surface area contributed by atoms with Gasteiger partial charge in [0.15, 0.2) is 0 Å². The van der Waals surface area contributed by atoms with Gasteiger partial charge in [-0.2, -0.15) is 0 Å². The van der Waals surface area contributed by atoms with Crippen molar-refractivity contribution in [3.63, 3.8) is 0 Å². The number of unbranched alkanes of at least 4 members (excludes halogenated alkanes) is 1. The van der Waals surface area contributed by atoms with Crippen molar-refractivity contribution in [2.45, 2.75) is 71.0 Å². The van der Waals surface area contributed by atoms with Gasteiger partial charge >= 0.3 is 6.09 Å². The van der Waals surface area contributed by atoms with Gasteiger partial charge in [0.25, 0.3) is 5.91 Å². The molecule has 4 rings (SSSR count). The summed E-state index contributed by atoms with van der Waals surface area (Å²) in [7, 11) is 0. The highest BCUT2D eigenvalue weighted by molar-refractivity contribution is 6.05. The lowest BCUT2D eigenvalue weighted by atomic mass is 10.0. The topological polar surface area (TPSA) is 105 Å². The average Bonchev–Trinajstić information content (AvgIpc) is 3.39. The van der Waals surface area contributed by atoms with E-state index in [9.17, 15) is 19.2 Å². The van der Waals surface area contributed by atoms with Gasteiger partial charge in [-0.1, -0.05) is 19.1 Å². The van der Waals surface area contributed by atoms with Crippen molar-refractivity contribution in [1.29, 1.82) is 0 Å². The number of piperidine rings is 1. The van der Waals surface area contributed by atoms with Crippen LogP contribution in [-0.4, -0.2) is 41.4 Å². The van der Waals surface area contributed by atoms with Crippen molar-refractivity contribution >= 4 is 23.8 Å².